The van der Waals surface area contributed by atoms with Crippen LogP contribution in [0.4, 0.5) is 0 Å². The average molecular weight is 190 g/mol. The average Bonchev–Trinajstić information content (AvgIpc) is 2.02. The first-order chi connectivity index (χ1) is 6.16. The number of methoxy groups -OCH3 is 1. The van der Waals surface area contributed by atoms with Gasteiger partial charge in [-0.15, -0.1) is 0 Å². The Bertz CT molecular complexity index is 110. The molecule has 0 saturated carbocycles. The van der Waals surface area contributed by atoms with E-state index in [9.17, 15) is 0 Å². The minimum absolute atomic E-state index is 0.226. The lowest BCUT2D eigenvalue weighted by atomic mass is 10.3. The Morgan fingerprint density at radius 2 is 2.00 bits per heavy atom. The third-order valence-electron chi connectivity index (χ3n) is 1.65. The van der Waals surface area contributed by atoms with E-state index in [2.05, 4.69) is 4.90 Å². The number of hydrogen-bond donors (Lipinski definition) is 1. The zero-order valence-electron chi connectivity index (χ0n) is 8.95. The predicted octanol–water partition coefficient (Wildman–Crippen LogP) is -0.0716. The number of ether oxygens (including phenoxy) is 2. The van der Waals surface area contributed by atoms with Gasteiger partial charge in [0.1, 0.15) is 0 Å². The molecule has 0 fully saturated rings. The minimum atomic E-state index is 0.226. The zero-order valence-corrected chi connectivity index (χ0v) is 8.95. The topological polar surface area (TPSA) is 47.7 Å². The van der Waals surface area contributed by atoms with Gasteiger partial charge in [0, 0.05) is 26.2 Å². The molecule has 0 aromatic carbocycles. The van der Waals surface area contributed by atoms with Gasteiger partial charge in [0.05, 0.1) is 19.8 Å². The van der Waals surface area contributed by atoms with Crippen molar-refractivity contribution in [3.63, 3.8) is 0 Å². The van der Waals surface area contributed by atoms with E-state index < -0.39 is 0 Å². The van der Waals surface area contributed by atoms with E-state index in [1.165, 1.54) is 0 Å². The highest BCUT2D eigenvalue weighted by Gasteiger charge is 2.00. The molecule has 0 aliphatic rings. The highest BCUT2D eigenvalue weighted by molar-refractivity contribution is 4.59. The Morgan fingerprint density at radius 3 is 2.54 bits per heavy atom. The van der Waals surface area contributed by atoms with Crippen molar-refractivity contribution in [1.29, 1.82) is 0 Å². The molecule has 0 rings (SSSR count). The molecule has 1 atom stereocenters. The number of hydrogen-bond acceptors (Lipinski definition) is 4. The van der Waals surface area contributed by atoms with Gasteiger partial charge >= 0.3 is 0 Å². The normalized spacial score (nSPS) is 13.6. The van der Waals surface area contributed by atoms with Gasteiger partial charge in [-0.2, -0.15) is 0 Å². The van der Waals surface area contributed by atoms with Gasteiger partial charge in [0.2, 0.25) is 0 Å². The smallest absolute Gasteiger partial charge is 0.0700 e. The molecule has 0 amide bonds. The monoisotopic (exact) mass is 190 g/mol. The first-order valence-corrected chi connectivity index (χ1v) is 4.67. The summed E-state index contributed by atoms with van der Waals surface area (Å²) in [5, 5.41) is 0. The largest absolute Gasteiger partial charge is 0.382 e. The van der Waals surface area contributed by atoms with Gasteiger partial charge < -0.3 is 20.1 Å². The van der Waals surface area contributed by atoms with Crippen molar-refractivity contribution in [2.24, 2.45) is 5.73 Å². The van der Waals surface area contributed by atoms with Gasteiger partial charge in [-0.05, 0) is 14.0 Å². The molecule has 4 nitrogen and oxygen atoms in total. The second kappa shape index (κ2) is 8.44. The molecule has 0 aliphatic carbocycles. The lowest BCUT2D eigenvalue weighted by Crippen LogP contribution is -2.34. The summed E-state index contributed by atoms with van der Waals surface area (Å²) in [5.74, 6) is 0. The van der Waals surface area contributed by atoms with Crippen molar-refractivity contribution < 1.29 is 9.47 Å². The van der Waals surface area contributed by atoms with Crippen molar-refractivity contribution in [3.8, 4) is 0 Å². The number of nitrogens with two attached hydrogens (primary N) is 1. The highest BCUT2D eigenvalue weighted by Crippen LogP contribution is 1.86. The van der Waals surface area contributed by atoms with Crippen LogP contribution in [0.1, 0.15) is 6.92 Å². The van der Waals surface area contributed by atoms with Gasteiger partial charge in [0.25, 0.3) is 0 Å². The van der Waals surface area contributed by atoms with Crippen LogP contribution in [0.2, 0.25) is 0 Å². The summed E-state index contributed by atoms with van der Waals surface area (Å²) in [6.07, 6.45) is 0. The summed E-state index contributed by atoms with van der Waals surface area (Å²) >= 11 is 0. The number of likely N-dealkylation sites (N-methyl/N-ethyl adjacent to an activating group) is 1. The molecular formula is C9H22N2O2. The number of nitrogens with zero attached hydrogens (tertiary/aromatic N) is 1. The third kappa shape index (κ3) is 9.76. The fourth-order valence-electron chi connectivity index (χ4n) is 1.05. The van der Waals surface area contributed by atoms with Crippen LogP contribution in [0.25, 0.3) is 0 Å². The van der Waals surface area contributed by atoms with Crippen molar-refractivity contribution >= 4 is 0 Å². The molecule has 0 aromatic rings. The van der Waals surface area contributed by atoms with E-state index in [4.69, 9.17) is 15.2 Å². The molecule has 80 valence electrons. The Morgan fingerprint density at radius 1 is 1.31 bits per heavy atom. The Balaban J connectivity index is 3.12. The summed E-state index contributed by atoms with van der Waals surface area (Å²) in [6, 6.07) is 0.226. The van der Waals surface area contributed by atoms with Crippen LogP contribution in [0.5, 0.6) is 0 Å². The van der Waals surface area contributed by atoms with Crippen molar-refractivity contribution in [1.82, 2.24) is 4.90 Å². The highest BCUT2D eigenvalue weighted by atomic mass is 16.5. The van der Waals surface area contributed by atoms with Crippen LogP contribution in [0, 0.1) is 0 Å². The van der Waals surface area contributed by atoms with Crippen molar-refractivity contribution in [3.05, 3.63) is 0 Å². The molecule has 0 spiro atoms. The molecule has 0 bridgehead atoms. The Hall–Kier alpha value is -0.160. The number of rotatable bonds is 8. The maximum absolute atomic E-state index is 5.64. The Labute approximate surface area is 81.0 Å². The molecule has 0 aliphatic heterocycles. The van der Waals surface area contributed by atoms with E-state index in [0.29, 0.717) is 13.2 Å². The molecule has 0 saturated heterocycles. The van der Waals surface area contributed by atoms with Gasteiger partial charge in [-0.25, -0.2) is 0 Å². The first-order valence-electron chi connectivity index (χ1n) is 4.67. The van der Waals surface area contributed by atoms with Crippen LogP contribution < -0.4 is 5.73 Å². The third-order valence-corrected chi connectivity index (χ3v) is 1.65. The lowest BCUT2D eigenvalue weighted by molar-refractivity contribution is 0.0601. The summed E-state index contributed by atoms with van der Waals surface area (Å²) in [5.41, 5.74) is 5.64. The van der Waals surface area contributed by atoms with Crippen LogP contribution >= 0.6 is 0 Å². The lowest BCUT2D eigenvalue weighted by Gasteiger charge is -2.18. The first kappa shape index (κ1) is 12.8. The van der Waals surface area contributed by atoms with Crippen LogP contribution in [0.15, 0.2) is 0 Å². The molecule has 4 heteroatoms. The standard InChI is InChI=1S/C9H22N2O2/c1-9(10)8-11(2)4-5-13-7-6-12-3/h9H,4-8,10H2,1-3H3. The Kier molecular flexibility index (Phi) is 8.33. The maximum atomic E-state index is 5.64. The quantitative estimate of drug-likeness (QED) is 0.544. The van der Waals surface area contributed by atoms with E-state index in [0.717, 1.165) is 19.7 Å². The zero-order chi connectivity index (χ0) is 10.1. The summed E-state index contributed by atoms with van der Waals surface area (Å²) in [7, 11) is 3.72. The molecule has 0 radical (unpaired) electrons. The fourth-order valence-corrected chi connectivity index (χ4v) is 1.05. The van der Waals surface area contributed by atoms with Gasteiger partial charge in [-0.1, -0.05) is 0 Å². The van der Waals surface area contributed by atoms with Gasteiger partial charge in [-0.3, -0.25) is 0 Å². The molecule has 2 N–H and O–H groups in total. The molecular weight excluding hydrogens is 168 g/mol. The minimum Gasteiger partial charge on any atom is -0.382 e. The van der Waals surface area contributed by atoms with Crippen LogP contribution in [-0.2, 0) is 9.47 Å². The maximum Gasteiger partial charge on any atom is 0.0700 e. The van der Waals surface area contributed by atoms with Crippen molar-refractivity contribution in [2.45, 2.75) is 13.0 Å². The molecule has 1 unspecified atom stereocenters. The SMILES string of the molecule is COCCOCCN(C)CC(C)N. The van der Waals surface area contributed by atoms with E-state index in [1.807, 2.05) is 14.0 Å². The summed E-state index contributed by atoms with van der Waals surface area (Å²) in [6.45, 7) is 5.91. The van der Waals surface area contributed by atoms with E-state index in [1.54, 1.807) is 7.11 Å². The predicted molar refractivity (Wildman–Crippen MR) is 53.8 cm³/mol. The van der Waals surface area contributed by atoms with Crippen LogP contribution in [-0.4, -0.2) is 58.0 Å². The van der Waals surface area contributed by atoms with E-state index >= 15 is 0 Å². The summed E-state index contributed by atoms with van der Waals surface area (Å²) < 4.78 is 10.2. The second-order valence-corrected chi connectivity index (χ2v) is 3.34. The fraction of sp³-hybridized carbons (Fsp3) is 1.00. The van der Waals surface area contributed by atoms with Crippen LogP contribution in [0.3, 0.4) is 0 Å². The van der Waals surface area contributed by atoms with Gasteiger partial charge in [0.15, 0.2) is 0 Å². The molecule has 0 heterocycles. The molecule has 13 heavy (non-hydrogen) atoms. The second-order valence-electron chi connectivity index (χ2n) is 3.34. The van der Waals surface area contributed by atoms with E-state index in [-0.39, 0.29) is 6.04 Å². The van der Waals surface area contributed by atoms with Crippen molar-refractivity contribution in [2.75, 3.05) is 47.1 Å². The molecule has 0 aromatic heterocycles. The summed E-state index contributed by atoms with van der Waals surface area (Å²) in [4.78, 5) is 2.16.